The molecule has 0 radical (unpaired) electrons. The molecule has 2 aliphatic rings. The molecule has 3 unspecified atom stereocenters. The van der Waals surface area contributed by atoms with E-state index in [0.29, 0.717) is 38.6 Å². The van der Waals surface area contributed by atoms with Crippen LogP contribution >= 0.6 is 0 Å². The van der Waals surface area contributed by atoms with Crippen LogP contribution in [0.25, 0.3) is 0 Å². The molecular weight excluding hydrogens is 296 g/mol. The molecule has 0 bridgehead atoms. The maximum absolute atomic E-state index is 12.8. The van der Waals surface area contributed by atoms with Crippen LogP contribution in [0.3, 0.4) is 0 Å². The number of likely N-dealkylation sites (N-methyl/N-ethyl adjacent to an activating group) is 1. The van der Waals surface area contributed by atoms with E-state index < -0.39 is 33.2 Å². The predicted octanol–water partition coefficient (Wildman–Crippen LogP) is -0.132. The Morgan fingerprint density at radius 3 is 2.52 bits per heavy atom. The number of ether oxygens (including phenoxy) is 1. The van der Waals surface area contributed by atoms with Crippen LogP contribution in [0.2, 0.25) is 0 Å². The molecule has 1 heterocycles. The van der Waals surface area contributed by atoms with Crippen molar-refractivity contribution >= 4 is 21.9 Å². The van der Waals surface area contributed by atoms with Gasteiger partial charge < -0.3 is 10.1 Å². The summed E-state index contributed by atoms with van der Waals surface area (Å²) in [6.45, 7) is 0.338. The van der Waals surface area contributed by atoms with E-state index in [0.717, 1.165) is 0 Å². The van der Waals surface area contributed by atoms with Gasteiger partial charge in [0.2, 0.25) is 15.9 Å². The molecule has 2 rings (SSSR count). The van der Waals surface area contributed by atoms with Gasteiger partial charge in [-0.25, -0.2) is 8.42 Å². The van der Waals surface area contributed by atoms with Crippen molar-refractivity contribution in [1.82, 2.24) is 9.62 Å². The van der Waals surface area contributed by atoms with Gasteiger partial charge >= 0.3 is 5.97 Å². The average molecular weight is 318 g/mol. The van der Waals surface area contributed by atoms with Gasteiger partial charge in [0.05, 0.1) is 18.3 Å². The van der Waals surface area contributed by atoms with Crippen LogP contribution in [0.1, 0.15) is 32.1 Å². The Bertz CT molecular complexity index is 479. The van der Waals surface area contributed by atoms with Crippen LogP contribution in [-0.2, 0) is 24.3 Å². The number of nitrogens with zero attached hydrogens (tertiary/aromatic N) is 1. The third kappa shape index (κ3) is 2.91. The highest BCUT2D eigenvalue weighted by molar-refractivity contribution is 7.89. The fourth-order valence-corrected chi connectivity index (χ4v) is 5.76. The Morgan fingerprint density at radius 1 is 1.19 bits per heavy atom. The third-order valence-electron chi connectivity index (χ3n) is 4.42. The summed E-state index contributed by atoms with van der Waals surface area (Å²) in [7, 11) is -0.906. The van der Waals surface area contributed by atoms with E-state index in [4.69, 9.17) is 4.74 Å². The smallest absolute Gasteiger partial charge is 0.310 e. The van der Waals surface area contributed by atoms with Crippen molar-refractivity contribution < 1.29 is 22.7 Å². The van der Waals surface area contributed by atoms with Crippen molar-refractivity contribution in [3.63, 3.8) is 0 Å². The minimum atomic E-state index is -3.68. The van der Waals surface area contributed by atoms with Gasteiger partial charge in [-0.2, -0.15) is 4.31 Å². The number of hydrogen-bond acceptors (Lipinski definition) is 5. The molecule has 1 aliphatic heterocycles. The molecule has 1 saturated carbocycles. The molecule has 21 heavy (non-hydrogen) atoms. The van der Waals surface area contributed by atoms with Crippen molar-refractivity contribution in [2.45, 2.75) is 43.4 Å². The number of hydrogen-bond donors (Lipinski definition) is 1. The zero-order valence-electron chi connectivity index (χ0n) is 12.4. The molecular formula is C13H22N2O5S. The normalized spacial score (nSPS) is 30.3. The van der Waals surface area contributed by atoms with Crippen molar-refractivity contribution in [1.29, 1.82) is 0 Å². The number of rotatable bonds is 4. The minimum absolute atomic E-state index is 0.288. The summed E-state index contributed by atoms with van der Waals surface area (Å²) >= 11 is 0. The van der Waals surface area contributed by atoms with Gasteiger partial charge in [0.15, 0.2) is 0 Å². The number of amides is 1. The second kappa shape index (κ2) is 6.31. The Labute approximate surface area is 125 Å². The summed E-state index contributed by atoms with van der Waals surface area (Å²) in [6.07, 6.45) is 2.83. The second-order valence-electron chi connectivity index (χ2n) is 5.53. The molecule has 0 aromatic heterocycles. The largest absolute Gasteiger partial charge is 0.469 e. The van der Waals surface area contributed by atoms with E-state index in [1.165, 1.54) is 18.5 Å². The molecule has 0 aromatic rings. The molecule has 1 saturated heterocycles. The lowest BCUT2D eigenvalue weighted by atomic mass is 10.1. The van der Waals surface area contributed by atoms with Crippen LogP contribution < -0.4 is 5.32 Å². The molecule has 0 aromatic carbocycles. The lowest BCUT2D eigenvalue weighted by Gasteiger charge is -2.28. The molecule has 0 spiro atoms. The second-order valence-corrected chi connectivity index (χ2v) is 7.63. The van der Waals surface area contributed by atoms with Crippen molar-refractivity contribution in [2.75, 3.05) is 20.7 Å². The number of methoxy groups -OCH3 is 1. The summed E-state index contributed by atoms with van der Waals surface area (Å²) in [5.74, 6) is -1.38. The van der Waals surface area contributed by atoms with Crippen LogP contribution in [0, 0.1) is 5.92 Å². The van der Waals surface area contributed by atoms with E-state index in [9.17, 15) is 18.0 Å². The van der Waals surface area contributed by atoms with Gasteiger partial charge in [0.1, 0.15) is 6.04 Å². The van der Waals surface area contributed by atoms with Crippen LogP contribution in [0.4, 0.5) is 0 Å². The van der Waals surface area contributed by atoms with Gasteiger partial charge in [-0.3, -0.25) is 9.59 Å². The molecule has 2 fully saturated rings. The molecule has 1 amide bonds. The van der Waals surface area contributed by atoms with Gasteiger partial charge in [-0.05, 0) is 25.7 Å². The van der Waals surface area contributed by atoms with Crippen LogP contribution in [-0.4, -0.2) is 56.6 Å². The van der Waals surface area contributed by atoms with E-state index in [1.54, 1.807) is 0 Å². The molecule has 8 heteroatoms. The van der Waals surface area contributed by atoms with Crippen molar-refractivity contribution in [3.05, 3.63) is 0 Å². The van der Waals surface area contributed by atoms with E-state index in [1.807, 2.05) is 0 Å². The number of esters is 1. The Balaban J connectivity index is 2.24. The zero-order valence-corrected chi connectivity index (χ0v) is 13.2. The monoisotopic (exact) mass is 318 g/mol. The molecule has 1 aliphatic carbocycles. The summed E-state index contributed by atoms with van der Waals surface area (Å²) in [5.41, 5.74) is 0. The SMILES string of the molecule is CNC(=O)C1CCCN1S(=O)(=O)C1CCCC1C(=O)OC. The highest BCUT2D eigenvalue weighted by Crippen LogP contribution is 2.36. The summed E-state index contributed by atoms with van der Waals surface area (Å²) in [4.78, 5) is 23.6. The topological polar surface area (TPSA) is 92.8 Å². The summed E-state index contributed by atoms with van der Waals surface area (Å²) < 4.78 is 31.7. The lowest BCUT2D eigenvalue weighted by molar-refractivity contribution is -0.145. The van der Waals surface area contributed by atoms with E-state index in [2.05, 4.69) is 5.32 Å². The number of carbonyl (C=O) groups excluding carboxylic acids is 2. The van der Waals surface area contributed by atoms with Crippen LogP contribution in [0.5, 0.6) is 0 Å². The highest BCUT2D eigenvalue weighted by atomic mass is 32.2. The van der Waals surface area contributed by atoms with Gasteiger partial charge in [-0.1, -0.05) is 6.42 Å². The maximum Gasteiger partial charge on any atom is 0.310 e. The minimum Gasteiger partial charge on any atom is -0.469 e. The molecule has 7 nitrogen and oxygen atoms in total. The molecule has 3 atom stereocenters. The fourth-order valence-electron chi connectivity index (χ4n) is 3.35. The number of sulfonamides is 1. The Kier molecular flexibility index (Phi) is 4.88. The standard InChI is InChI=1S/C13H22N2O5S/c1-14-12(16)10-6-4-8-15(10)21(18,19)11-7-3-5-9(11)13(17)20-2/h9-11H,3-8H2,1-2H3,(H,14,16). The Morgan fingerprint density at radius 2 is 1.90 bits per heavy atom. The first kappa shape index (κ1) is 16.2. The van der Waals surface area contributed by atoms with Gasteiger partial charge in [0.25, 0.3) is 0 Å². The predicted molar refractivity (Wildman–Crippen MR) is 75.9 cm³/mol. The third-order valence-corrected chi connectivity index (χ3v) is 6.84. The van der Waals surface area contributed by atoms with Gasteiger partial charge in [-0.15, -0.1) is 0 Å². The first-order valence-corrected chi connectivity index (χ1v) is 8.74. The van der Waals surface area contributed by atoms with Crippen molar-refractivity contribution in [3.8, 4) is 0 Å². The average Bonchev–Trinajstić information content (AvgIpc) is 3.14. The van der Waals surface area contributed by atoms with E-state index in [-0.39, 0.29) is 5.91 Å². The number of nitrogens with one attached hydrogen (secondary N) is 1. The molecule has 1 N–H and O–H groups in total. The maximum atomic E-state index is 12.8. The van der Waals surface area contributed by atoms with E-state index >= 15 is 0 Å². The van der Waals surface area contributed by atoms with Crippen LogP contribution in [0.15, 0.2) is 0 Å². The summed E-state index contributed by atoms with van der Waals surface area (Å²) in [6, 6.07) is -0.654. The molecule has 120 valence electrons. The first-order chi connectivity index (χ1) is 9.93. The summed E-state index contributed by atoms with van der Waals surface area (Å²) in [5, 5.41) is 1.74. The Hall–Kier alpha value is -1.15. The van der Waals surface area contributed by atoms with Gasteiger partial charge in [0, 0.05) is 13.6 Å². The quantitative estimate of drug-likeness (QED) is 0.729. The number of carbonyl (C=O) groups is 2. The lowest BCUT2D eigenvalue weighted by Crippen LogP contribution is -2.49. The first-order valence-electron chi connectivity index (χ1n) is 7.23. The fraction of sp³-hybridized carbons (Fsp3) is 0.846. The van der Waals surface area contributed by atoms with Crippen molar-refractivity contribution in [2.24, 2.45) is 5.92 Å². The zero-order chi connectivity index (χ0) is 15.6. The highest BCUT2D eigenvalue weighted by Gasteiger charge is 2.48.